The highest BCUT2D eigenvalue weighted by molar-refractivity contribution is 6.06. The summed E-state index contributed by atoms with van der Waals surface area (Å²) < 4.78 is 5.29. The summed E-state index contributed by atoms with van der Waals surface area (Å²) in [5.41, 5.74) is 1.08. The van der Waals surface area contributed by atoms with Gasteiger partial charge in [0.25, 0.3) is 5.91 Å². The van der Waals surface area contributed by atoms with Crippen LogP contribution in [0.4, 0.5) is 5.69 Å². The van der Waals surface area contributed by atoms with Gasteiger partial charge in [0.05, 0.1) is 12.8 Å². The van der Waals surface area contributed by atoms with E-state index in [9.17, 15) is 9.59 Å². The lowest BCUT2D eigenvalue weighted by atomic mass is 9.95. The van der Waals surface area contributed by atoms with E-state index in [1.807, 2.05) is 33.8 Å². The molecule has 1 aromatic carbocycles. The molecule has 20 heavy (non-hydrogen) atoms. The molecule has 5 heteroatoms. The van der Waals surface area contributed by atoms with Gasteiger partial charge in [-0.2, -0.15) is 0 Å². The third-order valence-electron chi connectivity index (χ3n) is 2.94. The fraction of sp³-hybridized carbons (Fsp3) is 0.467. The Hall–Kier alpha value is -2.04. The second-order valence-electron chi connectivity index (χ2n) is 5.62. The first-order valence-corrected chi connectivity index (χ1v) is 6.43. The number of carbonyl (C=O) groups excluding carboxylic acids is 2. The van der Waals surface area contributed by atoms with Crippen molar-refractivity contribution in [3.05, 3.63) is 23.3 Å². The zero-order valence-corrected chi connectivity index (χ0v) is 12.9. The van der Waals surface area contributed by atoms with Gasteiger partial charge in [-0.3, -0.25) is 9.59 Å². The van der Waals surface area contributed by atoms with Gasteiger partial charge in [-0.15, -0.1) is 0 Å². The van der Waals surface area contributed by atoms with Gasteiger partial charge in [0.2, 0.25) is 5.91 Å². The second kappa shape index (κ2) is 5.94. The largest absolute Gasteiger partial charge is 0.496 e. The molecule has 0 unspecified atom stereocenters. The summed E-state index contributed by atoms with van der Waals surface area (Å²) in [6, 6.07) is 3.52. The van der Waals surface area contributed by atoms with Crippen LogP contribution in [0.3, 0.4) is 0 Å². The summed E-state index contributed by atoms with van der Waals surface area (Å²) >= 11 is 0. The minimum absolute atomic E-state index is 0.159. The molecule has 0 spiro atoms. The standard InChI is InChI=1S/C15H22N2O3/c1-9-7-8-10(17-14(19)15(2,3)4)11(12(9)20-6)13(18)16-5/h7-8H,1-6H3,(H,16,18)(H,17,19). The Bertz CT molecular complexity index is 531. The Balaban J connectivity index is 3.33. The molecule has 0 aliphatic carbocycles. The fourth-order valence-corrected chi connectivity index (χ4v) is 1.71. The predicted octanol–water partition coefficient (Wildman–Crippen LogP) is 2.35. The van der Waals surface area contributed by atoms with Crippen molar-refractivity contribution in [2.24, 2.45) is 5.41 Å². The molecule has 110 valence electrons. The summed E-state index contributed by atoms with van der Waals surface area (Å²) in [7, 11) is 3.05. The number of hydrogen-bond acceptors (Lipinski definition) is 3. The number of amides is 2. The number of methoxy groups -OCH3 is 1. The van der Waals surface area contributed by atoms with Gasteiger partial charge < -0.3 is 15.4 Å². The quantitative estimate of drug-likeness (QED) is 0.891. The van der Waals surface area contributed by atoms with E-state index in [2.05, 4.69) is 10.6 Å². The van der Waals surface area contributed by atoms with E-state index in [1.165, 1.54) is 7.11 Å². The molecule has 0 fully saturated rings. The average molecular weight is 278 g/mol. The van der Waals surface area contributed by atoms with Crippen molar-refractivity contribution in [3.8, 4) is 5.75 Å². The monoisotopic (exact) mass is 278 g/mol. The van der Waals surface area contributed by atoms with Crippen LogP contribution >= 0.6 is 0 Å². The van der Waals surface area contributed by atoms with Gasteiger partial charge in [0.15, 0.2) is 0 Å². The third-order valence-corrected chi connectivity index (χ3v) is 2.94. The molecule has 0 aliphatic heterocycles. The Morgan fingerprint density at radius 1 is 1.20 bits per heavy atom. The minimum Gasteiger partial charge on any atom is -0.496 e. The molecular weight excluding hydrogens is 256 g/mol. The number of anilines is 1. The van der Waals surface area contributed by atoms with E-state index in [4.69, 9.17) is 4.74 Å². The molecule has 0 atom stereocenters. The number of ether oxygens (including phenoxy) is 1. The second-order valence-corrected chi connectivity index (χ2v) is 5.62. The van der Waals surface area contributed by atoms with E-state index in [-0.39, 0.29) is 11.8 Å². The first-order chi connectivity index (χ1) is 9.22. The van der Waals surface area contributed by atoms with Gasteiger partial charge in [-0.1, -0.05) is 26.8 Å². The first kappa shape index (κ1) is 16.0. The Morgan fingerprint density at radius 2 is 1.80 bits per heavy atom. The highest BCUT2D eigenvalue weighted by Crippen LogP contribution is 2.31. The van der Waals surface area contributed by atoms with Crippen molar-refractivity contribution >= 4 is 17.5 Å². The minimum atomic E-state index is -0.544. The average Bonchev–Trinajstić information content (AvgIpc) is 2.38. The van der Waals surface area contributed by atoms with Crippen molar-refractivity contribution in [2.45, 2.75) is 27.7 Å². The third kappa shape index (κ3) is 3.29. The zero-order valence-electron chi connectivity index (χ0n) is 12.9. The van der Waals surface area contributed by atoms with Crippen molar-refractivity contribution in [3.63, 3.8) is 0 Å². The lowest BCUT2D eigenvalue weighted by Gasteiger charge is -2.20. The molecule has 0 heterocycles. The molecular formula is C15H22N2O3. The zero-order chi connectivity index (χ0) is 15.5. The fourth-order valence-electron chi connectivity index (χ4n) is 1.71. The summed E-state index contributed by atoms with van der Waals surface area (Å²) in [4.78, 5) is 24.2. The Kier molecular flexibility index (Phi) is 4.76. The maximum absolute atomic E-state index is 12.1. The molecule has 1 rings (SSSR count). The van der Waals surface area contributed by atoms with E-state index in [1.54, 1.807) is 13.1 Å². The van der Waals surface area contributed by atoms with Gasteiger partial charge in [-0.05, 0) is 18.6 Å². The highest BCUT2D eigenvalue weighted by Gasteiger charge is 2.25. The van der Waals surface area contributed by atoms with Gasteiger partial charge in [0, 0.05) is 12.5 Å². The van der Waals surface area contributed by atoms with Crippen LogP contribution in [0.2, 0.25) is 0 Å². The Labute approximate surface area is 119 Å². The lowest BCUT2D eigenvalue weighted by Crippen LogP contribution is -2.29. The summed E-state index contributed by atoms with van der Waals surface area (Å²) in [6.07, 6.45) is 0. The molecule has 5 nitrogen and oxygen atoms in total. The molecule has 0 saturated heterocycles. The molecule has 0 saturated carbocycles. The number of rotatable bonds is 3. The smallest absolute Gasteiger partial charge is 0.256 e. The summed E-state index contributed by atoms with van der Waals surface area (Å²) in [6.45, 7) is 7.29. The van der Waals surface area contributed by atoms with Crippen molar-refractivity contribution in [1.82, 2.24) is 5.32 Å². The van der Waals surface area contributed by atoms with Crippen LogP contribution in [0, 0.1) is 12.3 Å². The first-order valence-electron chi connectivity index (χ1n) is 6.43. The lowest BCUT2D eigenvalue weighted by molar-refractivity contribution is -0.123. The van der Waals surface area contributed by atoms with Crippen LogP contribution < -0.4 is 15.4 Å². The molecule has 0 aliphatic rings. The number of benzene rings is 1. The van der Waals surface area contributed by atoms with Crippen molar-refractivity contribution < 1.29 is 14.3 Å². The highest BCUT2D eigenvalue weighted by atomic mass is 16.5. The van der Waals surface area contributed by atoms with E-state index < -0.39 is 5.41 Å². The van der Waals surface area contributed by atoms with E-state index in [0.717, 1.165) is 5.56 Å². The SMILES string of the molecule is CNC(=O)c1c(NC(=O)C(C)(C)C)ccc(C)c1OC. The molecule has 0 aromatic heterocycles. The number of carbonyl (C=O) groups is 2. The molecule has 2 amide bonds. The molecule has 0 bridgehead atoms. The Morgan fingerprint density at radius 3 is 2.25 bits per heavy atom. The number of hydrogen-bond donors (Lipinski definition) is 2. The maximum atomic E-state index is 12.1. The van der Waals surface area contributed by atoms with Crippen molar-refractivity contribution in [1.29, 1.82) is 0 Å². The molecule has 1 aromatic rings. The van der Waals surface area contributed by atoms with Crippen molar-refractivity contribution in [2.75, 3.05) is 19.5 Å². The molecule has 2 N–H and O–H groups in total. The van der Waals surface area contributed by atoms with Crippen LogP contribution in [-0.4, -0.2) is 26.0 Å². The predicted molar refractivity (Wildman–Crippen MR) is 79.2 cm³/mol. The van der Waals surface area contributed by atoms with Crippen LogP contribution in [0.5, 0.6) is 5.75 Å². The van der Waals surface area contributed by atoms with Crippen LogP contribution in [0.15, 0.2) is 12.1 Å². The van der Waals surface area contributed by atoms with Gasteiger partial charge in [-0.25, -0.2) is 0 Å². The van der Waals surface area contributed by atoms with Crippen LogP contribution in [-0.2, 0) is 4.79 Å². The summed E-state index contributed by atoms with van der Waals surface area (Å²) in [5, 5.41) is 5.35. The number of aryl methyl sites for hydroxylation is 1. The topological polar surface area (TPSA) is 67.4 Å². The van der Waals surface area contributed by atoms with Gasteiger partial charge >= 0.3 is 0 Å². The van der Waals surface area contributed by atoms with Gasteiger partial charge in [0.1, 0.15) is 11.3 Å². The normalized spacial score (nSPS) is 10.9. The van der Waals surface area contributed by atoms with Crippen LogP contribution in [0.25, 0.3) is 0 Å². The summed E-state index contributed by atoms with van der Waals surface area (Å²) in [5.74, 6) is 0.0133. The maximum Gasteiger partial charge on any atom is 0.256 e. The van der Waals surface area contributed by atoms with Crippen LogP contribution in [0.1, 0.15) is 36.7 Å². The van der Waals surface area contributed by atoms with E-state index >= 15 is 0 Å². The number of nitrogens with one attached hydrogen (secondary N) is 2. The molecule has 0 radical (unpaired) electrons. The van der Waals surface area contributed by atoms with E-state index in [0.29, 0.717) is 17.0 Å².